The molecule has 0 aromatic heterocycles. The van der Waals surface area contributed by atoms with Gasteiger partial charge >= 0.3 is 0 Å². The fraction of sp³-hybridized carbons (Fsp3) is 0.364. The van der Waals surface area contributed by atoms with E-state index in [2.05, 4.69) is 0 Å². The van der Waals surface area contributed by atoms with Crippen molar-refractivity contribution in [2.24, 2.45) is 11.5 Å². The summed E-state index contributed by atoms with van der Waals surface area (Å²) in [6.45, 7) is 3.24. The van der Waals surface area contributed by atoms with Gasteiger partial charge in [0, 0.05) is 17.7 Å². The predicted octanol–water partition coefficient (Wildman–Crippen LogP) is 1.10. The largest absolute Gasteiger partial charge is 0.480 e. The molecule has 0 aliphatic rings. The third-order valence-corrected chi connectivity index (χ3v) is 2.17. The molecule has 5 heteroatoms. The molecule has 2 unspecified atom stereocenters. The number of amides is 1. The van der Waals surface area contributed by atoms with Crippen molar-refractivity contribution in [1.29, 1.82) is 0 Å². The zero-order chi connectivity index (χ0) is 12.3. The fourth-order valence-electron chi connectivity index (χ4n) is 1.23. The summed E-state index contributed by atoms with van der Waals surface area (Å²) in [7, 11) is 0. The van der Waals surface area contributed by atoms with Crippen LogP contribution < -0.4 is 16.2 Å². The molecule has 0 radical (unpaired) electrons. The minimum Gasteiger partial charge on any atom is -0.480 e. The molecular formula is C11H15FN2O2. The van der Waals surface area contributed by atoms with Gasteiger partial charge in [-0.3, -0.25) is 4.79 Å². The highest BCUT2D eigenvalue weighted by molar-refractivity contribution is 5.78. The Bertz CT molecular complexity index is 394. The first kappa shape index (κ1) is 12.4. The molecule has 1 amide bonds. The average molecular weight is 226 g/mol. The summed E-state index contributed by atoms with van der Waals surface area (Å²) >= 11 is 0. The van der Waals surface area contributed by atoms with E-state index in [-0.39, 0.29) is 11.8 Å². The molecule has 1 aromatic carbocycles. The first-order valence-electron chi connectivity index (χ1n) is 4.93. The van der Waals surface area contributed by atoms with E-state index in [1.54, 1.807) is 6.92 Å². The van der Waals surface area contributed by atoms with Gasteiger partial charge in [-0.25, -0.2) is 4.39 Å². The summed E-state index contributed by atoms with van der Waals surface area (Å²) in [6, 6.07) is 3.71. The Hall–Kier alpha value is -1.62. The second kappa shape index (κ2) is 4.94. The Morgan fingerprint density at radius 1 is 1.44 bits per heavy atom. The van der Waals surface area contributed by atoms with Crippen LogP contribution in [-0.2, 0) is 4.79 Å². The van der Waals surface area contributed by atoms with Crippen molar-refractivity contribution in [1.82, 2.24) is 0 Å². The monoisotopic (exact) mass is 226 g/mol. The van der Waals surface area contributed by atoms with E-state index in [4.69, 9.17) is 16.2 Å². The highest BCUT2D eigenvalue weighted by atomic mass is 19.1. The Labute approximate surface area is 93.4 Å². The zero-order valence-corrected chi connectivity index (χ0v) is 9.24. The molecule has 0 saturated carbocycles. The van der Waals surface area contributed by atoms with E-state index in [1.165, 1.54) is 25.1 Å². The first-order valence-corrected chi connectivity index (χ1v) is 4.93. The predicted molar refractivity (Wildman–Crippen MR) is 58.3 cm³/mol. The number of halogens is 1. The van der Waals surface area contributed by atoms with Gasteiger partial charge in [0.2, 0.25) is 0 Å². The van der Waals surface area contributed by atoms with Crippen LogP contribution in [-0.4, -0.2) is 12.0 Å². The van der Waals surface area contributed by atoms with Crippen molar-refractivity contribution in [3.8, 4) is 5.75 Å². The van der Waals surface area contributed by atoms with Gasteiger partial charge in [0.25, 0.3) is 5.91 Å². The average Bonchev–Trinajstić information content (AvgIpc) is 2.16. The summed E-state index contributed by atoms with van der Waals surface area (Å²) in [6.07, 6.45) is -0.820. The number of hydrogen-bond acceptors (Lipinski definition) is 3. The third kappa shape index (κ3) is 2.93. The molecule has 0 heterocycles. The third-order valence-electron chi connectivity index (χ3n) is 2.17. The van der Waals surface area contributed by atoms with Gasteiger partial charge in [0.15, 0.2) is 6.10 Å². The molecule has 0 bridgehead atoms. The number of carbonyl (C=O) groups excluding carboxylic acids is 1. The molecule has 0 aliphatic heterocycles. The smallest absolute Gasteiger partial charge is 0.258 e. The molecule has 88 valence electrons. The molecule has 1 aromatic rings. The molecule has 4 nitrogen and oxygen atoms in total. The molecule has 2 atom stereocenters. The number of rotatable bonds is 4. The van der Waals surface area contributed by atoms with Crippen molar-refractivity contribution in [3.63, 3.8) is 0 Å². The van der Waals surface area contributed by atoms with Crippen molar-refractivity contribution >= 4 is 5.91 Å². The lowest BCUT2D eigenvalue weighted by Gasteiger charge is -2.16. The minimum absolute atomic E-state index is 0.251. The molecule has 0 spiro atoms. The maximum atomic E-state index is 13.0. The van der Waals surface area contributed by atoms with Gasteiger partial charge in [-0.1, -0.05) is 6.07 Å². The van der Waals surface area contributed by atoms with E-state index >= 15 is 0 Å². The topological polar surface area (TPSA) is 78.3 Å². The van der Waals surface area contributed by atoms with Gasteiger partial charge < -0.3 is 16.2 Å². The molecule has 1 rings (SSSR count). The van der Waals surface area contributed by atoms with Gasteiger partial charge in [-0.05, 0) is 19.9 Å². The summed E-state index contributed by atoms with van der Waals surface area (Å²) in [5.41, 5.74) is 11.4. The maximum absolute atomic E-state index is 13.0. The lowest BCUT2D eigenvalue weighted by Crippen LogP contribution is -2.31. The molecule has 16 heavy (non-hydrogen) atoms. The normalized spacial score (nSPS) is 14.2. The summed E-state index contributed by atoms with van der Waals surface area (Å²) < 4.78 is 18.3. The first-order chi connectivity index (χ1) is 7.41. The van der Waals surface area contributed by atoms with Gasteiger partial charge in [-0.15, -0.1) is 0 Å². The van der Waals surface area contributed by atoms with E-state index in [0.717, 1.165) is 0 Å². The van der Waals surface area contributed by atoms with Crippen LogP contribution in [0.25, 0.3) is 0 Å². The lowest BCUT2D eigenvalue weighted by molar-refractivity contribution is -0.124. The Kier molecular flexibility index (Phi) is 3.84. The van der Waals surface area contributed by atoms with E-state index in [9.17, 15) is 9.18 Å². The Morgan fingerprint density at radius 2 is 2.06 bits per heavy atom. The maximum Gasteiger partial charge on any atom is 0.258 e. The number of primary amides is 1. The van der Waals surface area contributed by atoms with E-state index in [0.29, 0.717) is 5.56 Å². The Morgan fingerprint density at radius 3 is 2.56 bits per heavy atom. The van der Waals surface area contributed by atoms with Crippen molar-refractivity contribution in [2.75, 3.05) is 0 Å². The van der Waals surface area contributed by atoms with Crippen LogP contribution in [0, 0.1) is 5.82 Å². The number of carbonyl (C=O) groups is 1. The van der Waals surface area contributed by atoms with Gasteiger partial charge in [0.1, 0.15) is 11.6 Å². The number of benzene rings is 1. The van der Waals surface area contributed by atoms with E-state index < -0.39 is 17.8 Å². The SMILES string of the molecule is CC(Oc1cc(F)ccc1C(C)N)C(N)=O. The fourth-order valence-corrected chi connectivity index (χ4v) is 1.23. The van der Waals surface area contributed by atoms with Gasteiger partial charge in [-0.2, -0.15) is 0 Å². The number of nitrogens with two attached hydrogens (primary N) is 2. The standard InChI is InChI=1S/C11H15FN2O2/c1-6(13)9-4-3-8(12)5-10(9)16-7(2)11(14)15/h3-7H,13H2,1-2H3,(H2,14,15). The van der Waals surface area contributed by atoms with Crippen LogP contribution in [0.4, 0.5) is 4.39 Å². The van der Waals surface area contributed by atoms with Crippen LogP contribution in [0.15, 0.2) is 18.2 Å². The second-order valence-corrected chi connectivity index (χ2v) is 3.63. The van der Waals surface area contributed by atoms with Crippen LogP contribution in [0.5, 0.6) is 5.75 Å². The summed E-state index contributed by atoms with van der Waals surface area (Å²) in [5.74, 6) is -0.808. The van der Waals surface area contributed by atoms with Crippen LogP contribution >= 0.6 is 0 Å². The molecular weight excluding hydrogens is 211 g/mol. The van der Waals surface area contributed by atoms with Crippen LogP contribution in [0.3, 0.4) is 0 Å². The van der Waals surface area contributed by atoms with Crippen molar-refractivity contribution in [3.05, 3.63) is 29.6 Å². The zero-order valence-electron chi connectivity index (χ0n) is 9.24. The number of ether oxygens (including phenoxy) is 1. The minimum atomic E-state index is -0.820. The molecule has 0 fully saturated rings. The summed E-state index contributed by atoms with van der Waals surface area (Å²) in [4.78, 5) is 10.8. The Balaban J connectivity index is 3.01. The quantitative estimate of drug-likeness (QED) is 0.806. The second-order valence-electron chi connectivity index (χ2n) is 3.63. The van der Waals surface area contributed by atoms with Crippen LogP contribution in [0.2, 0.25) is 0 Å². The van der Waals surface area contributed by atoms with Crippen molar-refractivity contribution < 1.29 is 13.9 Å². The lowest BCUT2D eigenvalue weighted by atomic mass is 10.1. The summed E-state index contributed by atoms with van der Waals surface area (Å²) in [5, 5.41) is 0. The van der Waals surface area contributed by atoms with Crippen LogP contribution in [0.1, 0.15) is 25.5 Å². The molecule has 4 N–H and O–H groups in total. The molecule has 0 saturated heterocycles. The highest BCUT2D eigenvalue weighted by Crippen LogP contribution is 2.25. The number of hydrogen-bond donors (Lipinski definition) is 2. The highest BCUT2D eigenvalue weighted by Gasteiger charge is 2.15. The van der Waals surface area contributed by atoms with Gasteiger partial charge in [0.05, 0.1) is 0 Å². The molecule has 0 aliphatic carbocycles. The van der Waals surface area contributed by atoms with E-state index in [1.807, 2.05) is 0 Å². The van der Waals surface area contributed by atoms with Crippen molar-refractivity contribution in [2.45, 2.75) is 26.0 Å².